The first kappa shape index (κ1) is 14.3. The SMILES string of the molecule is CCC(C)(CCO)NC(=O)C(CN)OC. The lowest BCUT2D eigenvalue weighted by Gasteiger charge is -2.30. The molecule has 0 rings (SSSR count). The molecule has 5 nitrogen and oxygen atoms in total. The first-order valence-electron chi connectivity index (χ1n) is 5.18. The summed E-state index contributed by atoms with van der Waals surface area (Å²) in [5, 5.41) is 11.7. The van der Waals surface area contributed by atoms with E-state index < -0.39 is 11.6 Å². The molecule has 0 aromatic rings. The Balaban J connectivity index is 4.34. The van der Waals surface area contributed by atoms with Gasteiger partial charge >= 0.3 is 0 Å². The van der Waals surface area contributed by atoms with Crippen LogP contribution >= 0.6 is 0 Å². The molecule has 0 spiro atoms. The van der Waals surface area contributed by atoms with E-state index in [0.29, 0.717) is 6.42 Å². The molecule has 0 radical (unpaired) electrons. The lowest BCUT2D eigenvalue weighted by molar-refractivity contribution is -0.132. The standard InChI is InChI=1S/C10H22N2O3/c1-4-10(2,5-6-13)12-9(14)8(7-11)15-3/h8,13H,4-7,11H2,1-3H3,(H,12,14). The molecule has 0 bridgehead atoms. The van der Waals surface area contributed by atoms with Crippen LogP contribution in [0.4, 0.5) is 0 Å². The smallest absolute Gasteiger partial charge is 0.250 e. The zero-order valence-electron chi connectivity index (χ0n) is 9.75. The molecule has 0 aliphatic rings. The maximum Gasteiger partial charge on any atom is 0.250 e. The Labute approximate surface area is 91.0 Å². The summed E-state index contributed by atoms with van der Waals surface area (Å²) < 4.78 is 4.93. The Morgan fingerprint density at radius 2 is 2.27 bits per heavy atom. The van der Waals surface area contributed by atoms with Crippen LogP contribution in [0.5, 0.6) is 0 Å². The lowest BCUT2D eigenvalue weighted by atomic mass is 9.94. The van der Waals surface area contributed by atoms with Crippen molar-refractivity contribution in [1.82, 2.24) is 5.32 Å². The largest absolute Gasteiger partial charge is 0.396 e. The van der Waals surface area contributed by atoms with Crippen LogP contribution in [0.1, 0.15) is 26.7 Å². The lowest BCUT2D eigenvalue weighted by Crippen LogP contribution is -2.52. The first-order valence-corrected chi connectivity index (χ1v) is 5.18. The Hall–Kier alpha value is -0.650. The molecule has 0 aromatic carbocycles. The number of rotatable bonds is 7. The van der Waals surface area contributed by atoms with Gasteiger partial charge in [-0.05, 0) is 19.8 Å². The summed E-state index contributed by atoms with van der Waals surface area (Å²) in [7, 11) is 1.45. The fourth-order valence-corrected chi connectivity index (χ4v) is 1.26. The van der Waals surface area contributed by atoms with Gasteiger partial charge in [-0.1, -0.05) is 6.92 Å². The summed E-state index contributed by atoms with van der Waals surface area (Å²) in [6.07, 6.45) is 0.658. The molecule has 5 heteroatoms. The van der Waals surface area contributed by atoms with Crippen molar-refractivity contribution in [3.05, 3.63) is 0 Å². The number of hydrogen-bond donors (Lipinski definition) is 3. The molecule has 0 aliphatic carbocycles. The van der Waals surface area contributed by atoms with Crippen LogP contribution in [-0.4, -0.2) is 42.9 Å². The number of aliphatic hydroxyl groups excluding tert-OH is 1. The van der Waals surface area contributed by atoms with Crippen LogP contribution < -0.4 is 11.1 Å². The zero-order chi connectivity index (χ0) is 11.9. The second kappa shape index (κ2) is 6.76. The number of hydrogen-bond acceptors (Lipinski definition) is 4. The van der Waals surface area contributed by atoms with Gasteiger partial charge in [0.25, 0.3) is 5.91 Å². The highest BCUT2D eigenvalue weighted by Crippen LogP contribution is 2.13. The number of nitrogens with two attached hydrogens (primary N) is 1. The molecule has 2 unspecified atom stereocenters. The van der Waals surface area contributed by atoms with Crippen LogP contribution in [0.25, 0.3) is 0 Å². The Morgan fingerprint density at radius 1 is 1.67 bits per heavy atom. The van der Waals surface area contributed by atoms with Crippen LogP contribution in [0.15, 0.2) is 0 Å². The van der Waals surface area contributed by atoms with E-state index in [-0.39, 0.29) is 19.1 Å². The van der Waals surface area contributed by atoms with E-state index in [2.05, 4.69) is 5.32 Å². The second-order valence-corrected chi connectivity index (χ2v) is 3.84. The van der Waals surface area contributed by atoms with Gasteiger partial charge in [-0.25, -0.2) is 0 Å². The number of amides is 1. The van der Waals surface area contributed by atoms with Gasteiger partial charge in [0.15, 0.2) is 0 Å². The predicted octanol–water partition coefficient (Wildman–Crippen LogP) is -0.373. The van der Waals surface area contributed by atoms with Gasteiger partial charge in [-0.2, -0.15) is 0 Å². The average molecular weight is 218 g/mol. The molecule has 0 saturated heterocycles. The number of nitrogens with one attached hydrogen (secondary N) is 1. The summed E-state index contributed by atoms with van der Waals surface area (Å²) in [5.41, 5.74) is 4.99. The molecule has 0 fully saturated rings. The number of ether oxygens (including phenoxy) is 1. The molecule has 0 saturated carbocycles. The Morgan fingerprint density at radius 3 is 2.60 bits per heavy atom. The zero-order valence-corrected chi connectivity index (χ0v) is 9.75. The molecule has 0 aliphatic heterocycles. The quantitative estimate of drug-likeness (QED) is 0.544. The van der Waals surface area contributed by atoms with Crippen molar-refractivity contribution in [3.8, 4) is 0 Å². The minimum Gasteiger partial charge on any atom is -0.396 e. The van der Waals surface area contributed by atoms with Crippen molar-refractivity contribution in [2.45, 2.75) is 38.3 Å². The molecular weight excluding hydrogens is 196 g/mol. The van der Waals surface area contributed by atoms with Crippen LogP contribution in [-0.2, 0) is 9.53 Å². The van der Waals surface area contributed by atoms with E-state index in [0.717, 1.165) is 6.42 Å². The number of aliphatic hydroxyl groups is 1. The number of methoxy groups -OCH3 is 1. The highest BCUT2D eigenvalue weighted by Gasteiger charge is 2.27. The minimum atomic E-state index is -0.616. The van der Waals surface area contributed by atoms with Crippen LogP contribution in [0, 0.1) is 0 Å². The van der Waals surface area contributed by atoms with E-state index >= 15 is 0 Å². The summed E-state index contributed by atoms with van der Waals surface area (Å²) in [5.74, 6) is -0.224. The van der Waals surface area contributed by atoms with Gasteiger partial charge in [-0.15, -0.1) is 0 Å². The second-order valence-electron chi connectivity index (χ2n) is 3.84. The Bertz CT molecular complexity index is 195. The highest BCUT2D eigenvalue weighted by atomic mass is 16.5. The Kier molecular flexibility index (Phi) is 6.47. The van der Waals surface area contributed by atoms with E-state index in [1.807, 2.05) is 13.8 Å². The van der Waals surface area contributed by atoms with Crippen LogP contribution in [0.3, 0.4) is 0 Å². The normalized spacial score (nSPS) is 16.9. The van der Waals surface area contributed by atoms with Crippen LogP contribution in [0.2, 0.25) is 0 Å². The monoisotopic (exact) mass is 218 g/mol. The average Bonchev–Trinajstić information content (AvgIpc) is 2.20. The highest BCUT2D eigenvalue weighted by molar-refractivity contribution is 5.81. The first-order chi connectivity index (χ1) is 7.02. The van der Waals surface area contributed by atoms with Crippen molar-refractivity contribution in [1.29, 1.82) is 0 Å². The van der Waals surface area contributed by atoms with Gasteiger partial charge < -0.3 is 20.9 Å². The molecule has 1 amide bonds. The van der Waals surface area contributed by atoms with E-state index in [4.69, 9.17) is 15.6 Å². The predicted molar refractivity (Wildman–Crippen MR) is 58.4 cm³/mol. The maximum atomic E-state index is 11.7. The van der Waals surface area contributed by atoms with Crippen molar-refractivity contribution in [2.24, 2.45) is 5.73 Å². The van der Waals surface area contributed by atoms with Crippen molar-refractivity contribution >= 4 is 5.91 Å². The van der Waals surface area contributed by atoms with Gasteiger partial charge in [0.05, 0.1) is 0 Å². The van der Waals surface area contributed by atoms with E-state index in [9.17, 15) is 4.79 Å². The maximum absolute atomic E-state index is 11.7. The summed E-state index contributed by atoms with van der Waals surface area (Å²) in [6.45, 7) is 4.05. The molecule has 0 aromatic heterocycles. The molecule has 2 atom stereocenters. The van der Waals surface area contributed by atoms with Gasteiger partial charge in [0.2, 0.25) is 0 Å². The molecular formula is C10H22N2O3. The van der Waals surface area contributed by atoms with Crippen molar-refractivity contribution in [2.75, 3.05) is 20.3 Å². The minimum absolute atomic E-state index is 0.0465. The van der Waals surface area contributed by atoms with Crippen molar-refractivity contribution in [3.63, 3.8) is 0 Å². The summed E-state index contributed by atoms with van der Waals surface area (Å²) in [4.78, 5) is 11.7. The van der Waals surface area contributed by atoms with Gasteiger partial charge in [0, 0.05) is 25.8 Å². The number of carbonyl (C=O) groups is 1. The third-order valence-electron chi connectivity index (χ3n) is 2.66. The third-order valence-corrected chi connectivity index (χ3v) is 2.66. The van der Waals surface area contributed by atoms with Gasteiger partial charge in [0.1, 0.15) is 6.10 Å². The van der Waals surface area contributed by atoms with E-state index in [1.54, 1.807) is 0 Å². The fraction of sp³-hybridized carbons (Fsp3) is 0.900. The summed E-state index contributed by atoms with van der Waals surface area (Å²) in [6, 6.07) is 0. The molecule has 4 N–H and O–H groups in total. The number of carbonyl (C=O) groups excluding carboxylic acids is 1. The molecule has 15 heavy (non-hydrogen) atoms. The fourth-order valence-electron chi connectivity index (χ4n) is 1.26. The van der Waals surface area contributed by atoms with Crippen molar-refractivity contribution < 1.29 is 14.6 Å². The molecule has 90 valence electrons. The molecule has 0 heterocycles. The van der Waals surface area contributed by atoms with Gasteiger partial charge in [-0.3, -0.25) is 4.79 Å². The summed E-state index contributed by atoms with van der Waals surface area (Å²) >= 11 is 0. The topological polar surface area (TPSA) is 84.6 Å². The third kappa shape index (κ3) is 4.59. The van der Waals surface area contributed by atoms with E-state index in [1.165, 1.54) is 7.11 Å².